The minimum absolute atomic E-state index is 0.233. The fourth-order valence-electron chi connectivity index (χ4n) is 1.74. The molecule has 0 saturated carbocycles. The van der Waals surface area contributed by atoms with Crippen molar-refractivity contribution in [3.63, 3.8) is 0 Å². The van der Waals surface area contributed by atoms with E-state index in [1.165, 1.54) is 20.8 Å². The van der Waals surface area contributed by atoms with E-state index in [9.17, 15) is 29.7 Å². The van der Waals surface area contributed by atoms with Crippen LogP contribution >= 0.6 is 7.60 Å². The fraction of sp³-hybridized carbons (Fsp3) is 0.444. The summed E-state index contributed by atoms with van der Waals surface area (Å²) in [5.41, 5.74) is -2.34. The molecule has 10 nitrogen and oxygen atoms in total. The smallest absolute Gasteiger partial charge is 0.309 e. The third-order valence-electron chi connectivity index (χ3n) is 2.41. The zero-order valence-corrected chi connectivity index (χ0v) is 11.7. The van der Waals surface area contributed by atoms with Crippen LogP contribution in [0.1, 0.15) is 18.3 Å². The second-order valence-electron chi connectivity index (χ2n) is 3.76. The maximum absolute atomic E-state index is 12.0. The van der Waals surface area contributed by atoms with Crippen LogP contribution in [0.3, 0.4) is 0 Å². The first-order valence-electron chi connectivity index (χ1n) is 5.39. The van der Waals surface area contributed by atoms with Crippen LogP contribution in [0.2, 0.25) is 0 Å². The number of nitrogens with zero attached hydrogens (tertiary/aromatic N) is 3. The molecule has 0 spiro atoms. The Kier molecular flexibility index (Phi) is 4.53. The molecule has 1 heterocycles. The van der Waals surface area contributed by atoms with Crippen LogP contribution in [0, 0.1) is 34.1 Å². The van der Waals surface area contributed by atoms with Gasteiger partial charge in [0.05, 0.1) is 16.5 Å². The van der Waals surface area contributed by atoms with E-state index in [-0.39, 0.29) is 18.0 Å². The average molecular weight is 304 g/mol. The average Bonchev–Trinajstić information content (AvgIpc) is 2.26. The number of aryl methyl sites for hydroxylation is 2. The van der Waals surface area contributed by atoms with Crippen LogP contribution in [-0.2, 0) is 9.09 Å². The van der Waals surface area contributed by atoms with E-state index in [2.05, 4.69) is 9.51 Å². The summed E-state index contributed by atoms with van der Waals surface area (Å²) < 4.78 is 16.4. The van der Waals surface area contributed by atoms with Gasteiger partial charge in [0.25, 0.3) is 0 Å². The number of nitro groups is 2. The largest absolute Gasteiger partial charge is 0.775 e. The number of hydrogen-bond acceptors (Lipinski definition) is 8. The first-order chi connectivity index (χ1) is 9.13. The van der Waals surface area contributed by atoms with Crippen molar-refractivity contribution in [2.24, 2.45) is 0 Å². The molecule has 0 aliphatic carbocycles. The van der Waals surface area contributed by atoms with E-state index in [0.29, 0.717) is 0 Å². The van der Waals surface area contributed by atoms with Crippen molar-refractivity contribution in [1.29, 1.82) is 0 Å². The number of aromatic nitrogens is 1. The van der Waals surface area contributed by atoms with Gasteiger partial charge in [-0.25, -0.2) is 4.98 Å². The molecule has 0 aliphatic heterocycles. The lowest BCUT2D eigenvalue weighted by Crippen LogP contribution is -2.25. The second kappa shape index (κ2) is 5.61. The zero-order valence-electron chi connectivity index (χ0n) is 10.9. The number of pyridine rings is 1. The molecule has 110 valence electrons. The summed E-state index contributed by atoms with van der Waals surface area (Å²) in [5.74, 6) is 0. The molecule has 0 aliphatic rings. The monoisotopic (exact) mass is 304 g/mol. The summed E-state index contributed by atoms with van der Waals surface area (Å²) >= 11 is 0. The standard InChI is InChI=1S/C9H12N3O7P/c1-4-19-20(17,18)9-7(11(13)14)5(2)10-6(3)8(9)12(15)16/h4H2,1-3H3,(H,17,18)/p-1. The van der Waals surface area contributed by atoms with E-state index < -0.39 is 34.1 Å². The van der Waals surface area contributed by atoms with Gasteiger partial charge in [-0.05, 0) is 20.8 Å². The Balaban J connectivity index is 3.89. The molecule has 1 aromatic heterocycles. The molecule has 0 radical (unpaired) electrons. The van der Waals surface area contributed by atoms with Gasteiger partial charge in [-0.2, -0.15) is 0 Å². The van der Waals surface area contributed by atoms with Crippen LogP contribution in [0.15, 0.2) is 0 Å². The van der Waals surface area contributed by atoms with Crippen LogP contribution in [0.5, 0.6) is 0 Å². The Labute approximate surface area is 113 Å². The lowest BCUT2D eigenvalue weighted by atomic mass is 10.2. The Morgan fingerprint density at radius 3 is 1.85 bits per heavy atom. The van der Waals surface area contributed by atoms with Gasteiger partial charge >= 0.3 is 11.4 Å². The van der Waals surface area contributed by atoms with Crippen molar-refractivity contribution >= 4 is 24.3 Å². The van der Waals surface area contributed by atoms with Crippen LogP contribution in [-0.4, -0.2) is 21.4 Å². The topological polar surface area (TPSA) is 149 Å². The lowest BCUT2D eigenvalue weighted by molar-refractivity contribution is -0.393. The van der Waals surface area contributed by atoms with Crippen LogP contribution in [0.4, 0.5) is 11.4 Å². The molecular formula is C9H11N3O7P-. The summed E-state index contributed by atoms with van der Waals surface area (Å²) in [5, 5.41) is 21.0. The highest BCUT2D eigenvalue weighted by Crippen LogP contribution is 2.44. The van der Waals surface area contributed by atoms with Gasteiger partial charge in [-0.3, -0.25) is 20.2 Å². The van der Waals surface area contributed by atoms with Gasteiger partial charge in [0.2, 0.25) is 0 Å². The molecule has 1 unspecified atom stereocenters. The Morgan fingerprint density at radius 2 is 1.55 bits per heavy atom. The normalized spacial score (nSPS) is 13.8. The van der Waals surface area contributed by atoms with E-state index in [0.717, 1.165) is 0 Å². The third kappa shape index (κ3) is 2.82. The Hall–Kier alpha value is -1.90. The molecule has 0 amide bonds. The zero-order chi connectivity index (χ0) is 15.7. The Morgan fingerprint density at radius 1 is 1.15 bits per heavy atom. The summed E-state index contributed by atoms with van der Waals surface area (Å²) in [6, 6.07) is 0. The quantitative estimate of drug-likeness (QED) is 0.439. The van der Waals surface area contributed by atoms with Gasteiger partial charge in [0.1, 0.15) is 11.4 Å². The van der Waals surface area contributed by atoms with Crippen LogP contribution in [0.25, 0.3) is 0 Å². The predicted octanol–water partition coefficient (Wildman–Crippen LogP) is 0.730. The summed E-state index contributed by atoms with van der Waals surface area (Å²) in [4.78, 5) is 35.6. The maximum Gasteiger partial charge on any atom is 0.309 e. The third-order valence-corrected chi connectivity index (χ3v) is 3.98. The van der Waals surface area contributed by atoms with E-state index in [4.69, 9.17) is 0 Å². The molecule has 11 heteroatoms. The van der Waals surface area contributed by atoms with Crippen molar-refractivity contribution in [1.82, 2.24) is 4.98 Å². The Bertz CT molecular complexity index is 592. The molecule has 0 N–H and O–H groups in total. The van der Waals surface area contributed by atoms with Gasteiger partial charge < -0.3 is 14.0 Å². The minimum Gasteiger partial charge on any atom is -0.775 e. The van der Waals surface area contributed by atoms with E-state index >= 15 is 0 Å². The maximum atomic E-state index is 12.0. The van der Waals surface area contributed by atoms with Gasteiger partial charge in [-0.1, -0.05) is 0 Å². The van der Waals surface area contributed by atoms with Crippen LogP contribution < -0.4 is 10.2 Å². The molecule has 0 fully saturated rings. The first kappa shape index (κ1) is 16.2. The van der Waals surface area contributed by atoms with Crippen molar-refractivity contribution in [2.75, 3.05) is 6.61 Å². The van der Waals surface area contributed by atoms with Crippen molar-refractivity contribution in [2.45, 2.75) is 20.8 Å². The molecule has 1 aromatic rings. The highest BCUT2D eigenvalue weighted by atomic mass is 31.2. The lowest BCUT2D eigenvalue weighted by Gasteiger charge is -2.22. The highest BCUT2D eigenvalue weighted by Gasteiger charge is 2.38. The van der Waals surface area contributed by atoms with Crippen molar-refractivity contribution in [3.8, 4) is 0 Å². The van der Waals surface area contributed by atoms with E-state index in [1.807, 2.05) is 0 Å². The van der Waals surface area contributed by atoms with Gasteiger partial charge in [0.15, 0.2) is 12.9 Å². The van der Waals surface area contributed by atoms with Gasteiger partial charge in [0, 0.05) is 0 Å². The van der Waals surface area contributed by atoms with Gasteiger partial charge in [-0.15, -0.1) is 0 Å². The van der Waals surface area contributed by atoms with Crippen molar-refractivity contribution < 1.29 is 23.8 Å². The predicted molar refractivity (Wildman–Crippen MR) is 65.9 cm³/mol. The molecular weight excluding hydrogens is 293 g/mol. The molecule has 1 rings (SSSR count). The summed E-state index contributed by atoms with van der Waals surface area (Å²) in [7, 11) is -4.96. The molecule has 20 heavy (non-hydrogen) atoms. The minimum atomic E-state index is -4.96. The summed E-state index contributed by atoms with van der Waals surface area (Å²) in [6.07, 6.45) is 0. The molecule has 1 atom stereocenters. The number of rotatable bonds is 5. The summed E-state index contributed by atoms with van der Waals surface area (Å²) in [6.45, 7) is 3.45. The first-order valence-corrected chi connectivity index (χ1v) is 6.93. The number of hydrogen-bond donors (Lipinski definition) is 0. The second-order valence-corrected chi connectivity index (χ2v) is 5.46. The van der Waals surface area contributed by atoms with E-state index in [1.54, 1.807) is 0 Å². The molecule has 0 saturated heterocycles. The fourth-order valence-corrected chi connectivity index (χ4v) is 3.22. The molecule has 0 aromatic carbocycles. The SMILES string of the molecule is CCOP(=O)([O-])c1c([N+](=O)[O-])c(C)nc(C)c1[N+](=O)[O-]. The molecule has 0 bridgehead atoms. The van der Waals surface area contributed by atoms with Crippen molar-refractivity contribution in [3.05, 3.63) is 31.6 Å². The highest BCUT2D eigenvalue weighted by molar-refractivity contribution is 7.60.